The van der Waals surface area contributed by atoms with Crippen LogP contribution in [0.3, 0.4) is 0 Å². The zero-order chi connectivity index (χ0) is 39.4. The fourth-order valence-corrected chi connectivity index (χ4v) is 12.9. The van der Waals surface area contributed by atoms with Crippen molar-refractivity contribution in [3.05, 3.63) is 36.3 Å². The normalized spacial score (nSPS) is 40.8. The molecule has 7 rings (SSSR count). The fraction of sp³-hybridized carbons (Fsp3) is 0.773. The van der Waals surface area contributed by atoms with Gasteiger partial charge in [-0.3, -0.25) is 4.79 Å². The highest BCUT2D eigenvalue weighted by molar-refractivity contribution is 5.73. The molecule has 3 saturated carbocycles. The van der Waals surface area contributed by atoms with Gasteiger partial charge in [0.1, 0.15) is 12.1 Å². The summed E-state index contributed by atoms with van der Waals surface area (Å²) in [6, 6.07) is 3.64. The predicted molar refractivity (Wildman–Crippen MR) is 212 cm³/mol. The Hall–Kier alpha value is -2.82. The molecule has 12 atom stereocenters. The molecule has 298 valence electrons. The van der Waals surface area contributed by atoms with Crippen molar-refractivity contribution in [3.63, 3.8) is 0 Å². The monoisotopic (exact) mass is 745 g/mol. The lowest BCUT2D eigenvalue weighted by Crippen LogP contribution is -2.70. The molecule has 0 radical (unpaired) electrons. The van der Waals surface area contributed by atoms with Crippen molar-refractivity contribution in [2.24, 2.45) is 67.8 Å². The van der Waals surface area contributed by atoms with Crippen LogP contribution in [0.1, 0.15) is 121 Å². The van der Waals surface area contributed by atoms with Crippen molar-refractivity contribution >= 4 is 11.8 Å². The lowest BCUT2D eigenvalue weighted by Gasteiger charge is -2.71. The minimum atomic E-state index is -0.644. The van der Waals surface area contributed by atoms with E-state index in [2.05, 4.69) is 91.9 Å². The first-order valence-corrected chi connectivity index (χ1v) is 20.6. The van der Waals surface area contributed by atoms with Crippen LogP contribution in [0.5, 0.6) is 0 Å². The van der Waals surface area contributed by atoms with Gasteiger partial charge in [0.05, 0.1) is 37.9 Å². The maximum absolute atomic E-state index is 13.7. The molecule has 0 amide bonds. The highest BCUT2D eigenvalue weighted by Gasteiger charge is 2.73. The summed E-state index contributed by atoms with van der Waals surface area (Å²) in [5.74, 6) is 1.28. The first kappa shape index (κ1) is 39.4. The highest BCUT2D eigenvalue weighted by Crippen LogP contribution is 2.75. The second kappa shape index (κ2) is 12.9. The predicted octanol–water partition coefficient (Wildman–Crippen LogP) is 8.20. The lowest BCUT2D eigenvalue weighted by atomic mass is 9.34. The topological polar surface area (TPSA) is 151 Å². The van der Waals surface area contributed by atoms with Crippen LogP contribution in [0.2, 0.25) is 0 Å². The Morgan fingerprint density at radius 2 is 1.80 bits per heavy atom. The number of hydrogen-bond acceptors (Lipinski definition) is 8. The standard InChI is InChI=1S/C44H68N6O4/c1-26(2)27(3)40(8)17-18-41(9)29-12-13-32-39(7)21-31(50-36(48-25-49-50)28-15-19-47-33(45)20-28)35(54-23-43(11,46)38(4,5)6)44(32,24-53-22-39)30(29)14-16-42(41,10)34(40)37(51)52/h14-15,19-20,25-27,29,31-32,34-35H,12-13,16-18,21-24,46H2,1-11H3,(H2,45,47)(H,51,52)/t27-,29+,31-,32-,34-,35+,39-,40-,41-,42+,43+,44+/m1/s1. The molecule has 0 unspecified atom stereocenters. The number of nitrogens with zero attached hydrogens (tertiary/aromatic N) is 4. The van der Waals surface area contributed by atoms with Gasteiger partial charge in [-0.2, -0.15) is 5.10 Å². The zero-order valence-electron chi connectivity index (χ0n) is 34.9. The third-order valence-corrected chi connectivity index (χ3v) is 17.2. The Morgan fingerprint density at radius 3 is 2.44 bits per heavy atom. The summed E-state index contributed by atoms with van der Waals surface area (Å²) in [6.45, 7) is 26.5. The van der Waals surface area contributed by atoms with Gasteiger partial charge in [0.15, 0.2) is 5.82 Å². The van der Waals surface area contributed by atoms with Crippen LogP contribution in [0.25, 0.3) is 11.4 Å². The summed E-state index contributed by atoms with van der Waals surface area (Å²) in [4.78, 5) is 22.7. The first-order chi connectivity index (χ1) is 25.1. The van der Waals surface area contributed by atoms with E-state index in [4.69, 9.17) is 31.0 Å². The summed E-state index contributed by atoms with van der Waals surface area (Å²) < 4.78 is 16.3. The quantitative estimate of drug-likeness (QED) is 0.227. The molecule has 0 spiro atoms. The third-order valence-electron chi connectivity index (χ3n) is 17.2. The van der Waals surface area contributed by atoms with Gasteiger partial charge in [0.2, 0.25) is 0 Å². The Labute approximate surface area is 323 Å². The van der Waals surface area contributed by atoms with E-state index < -0.39 is 28.3 Å². The molecule has 54 heavy (non-hydrogen) atoms. The molecule has 1 aliphatic heterocycles. The molecule has 4 fully saturated rings. The van der Waals surface area contributed by atoms with Crippen LogP contribution >= 0.6 is 0 Å². The number of hydrogen-bond donors (Lipinski definition) is 3. The summed E-state index contributed by atoms with van der Waals surface area (Å²) in [6.07, 6.45) is 11.1. The Bertz CT molecular complexity index is 1800. The van der Waals surface area contributed by atoms with Gasteiger partial charge in [0, 0.05) is 22.7 Å². The first-order valence-electron chi connectivity index (χ1n) is 20.6. The van der Waals surface area contributed by atoms with Crippen molar-refractivity contribution in [2.75, 3.05) is 25.6 Å². The average Bonchev–Trinajstić information content (AvgIpc) is 3.57. The number of carboxylic acids is 1. The van der Waals surface area contributed by atoms with E-state index >= 15 is 0 Å². The van der Waals surface area contributed by atoms with Crippen molar-refractivity contribution < 1.29 is 19.4 Å². The van der Waals surface area contributed by atoms with Gasteiger partial charge in [-0.05, 0) is 108 Å². The maximum Gasteiger partial charge on any atom is 0.307 e. The largest absolute Gasteiger partial charge is 0.481 e. The van der Waals surface area contributed by atoms with Gasteiger partial charge >= 0.3 is 5.97 Å². The third kappa shape index (κ3) is 5.49. The van der Waals surface area contributed by atoms with E-state index in [0.717, 1.165) is 49.9 Å². The van der Waals surface area contributed by atoms with E-state index in [1.54, 1.807) is 12.5 Å². The molecular formula is C44H68N6O4. The van der Waals surface area contributed by atoms with Crippen LogP contribution in [0.15, 0.2) is 36.3 Å². The molecular weight excluding hydrogens is 677 g/mol. The van der Waals surface area contributed by atoms with Crippen molar-refractivity contribution in [2.45, 2.75) is 132 Å². The number of ether oxygens (including phenoxy) is 2. The number of nitrogens with two attached hydrogens (primary N) is 2. The molecule has 3 heterocycles. The van der Waals surface area contributed by atoms with Crippen LogP contribution in [0, 0.1) is 62.1 Å². The number of aliphatic carboxylic acids is 1. The Kier molecular flexibility index (Phi) is 9.38. The van der Waals surface area contributed by atoms with Crippen LogP contribution in [0.4, 0.5) is 5.82 Å². The highest BCUT2D eigenvalue weighted by atomic mass is 16.5. The molecule has 5 N–H and O–H groups in total. The van der Waals surface area contributed by atoms with Gasteiger partial charge in [-0.25, -0.2) is 14.6 Å². The molecule has 0 aromatic carbocycles. The number of allylic oxidation sites excluding steroid dienone is 1. The minimum absolute atomic E-state index is 0.145. The maximum atomic E-state index is 13.7. The van der Waals surface area contributed by atoms with E-state index in [0.29, 0.717) is 37.5 Å². The van der Waals surface area contributed by atoms with Crippen molar-refractivity contribution in [1.29, 1.82) is 0 Å². The fourth-order valence-electron chi connectivity index (χ4n) is 12.9. The average molecular weight is 745 g/mol. The van der Waals surface area contributed by atoms with Gasteiger partial charge < -0.3 is 26.0 Å². The van der Waals surface area contributed by atoms with Gasteiger partial charge in [0.25, 0.3) is 0 Å². The van der Waals surface area contributed by atoms with E-state index in [-0.39, 0.29) is 45.6 Å². The molecule has 10 heteroatoms. The summed E-state index contributed by atoms with van der Waals surface area (Å²) in [5, 5.41) is 16.2. The van der Waals surface area contributed by atoms with E-state index in [9.17, 15) is 9.90 Å². The van der Waals surface area contributed by atoms with E-state index in [1.807, 2.05) is 12.1 Å². The SMILES string of the molecule is CC(C)[C@@H](C)[C@@]1(C)CC[C@]2(C)[C@H]3CC[C@@H]4[C@@]5(C)COC[C@@]4(C3=CC[C@@]2(C)[C@@H]1C(=O)O)[C@@H](OC[C@](C)(N)C(C)(C)C)[C@H](n1ncnc1-c1ccnc(N)c1)C5. The minimum Gasteiger partial charge on any atom is -0.481 e. The van der Waals surface area contributed by atoms with Crippen molar-refractivity contribution in [3.8, 4) is 11.4 Å². The second-order valence-corrected chi connectivity index (χ2v) is 21.0. The molecule has 2 aromatic heterocycles. The van der Waals surface area contributed by atoms with Crippen LogP contribution in [-0.4, -0.2) is 62.3 Å². The van der Waals surface area contributed by atoms with Crippen LogP contribution < -0.4 is 11.5 Å². The Balaban J connectivity index is 1.41. The molecule has 2 aromatic rings. The number of anilines is 1. The summed E-state index contributed by atoms with van der Waals surface area (Å²) in [5.41, 5.74) is 13.2. The molecule has 1 saturated heterocycles. The summed E-state index contributed by atoms with van der Waals surface area (Å²) in [7, 11) is 0. The number of carboxylic acid groups (broad SMARTS) is 1. The number of fused-ring (bicyclic) bond motifs is 3. The summed E-state index contributed by atoms with van der Waals surface area (Å²) >= 11 is 0. The Morgan fingerprint density at radius 1 is 1.07 bits per heavy atom. The number of nitrogen functional groups attached to an aromatic ring is 1. The van der Waals surface area contributed by atoms with E-state index in [1.165, 1.54) is 5.57 Å². The van der Waals surface area contributed by atoms with Gasteiger partial charge in [-0.1, -0.05) is 80.9 Å². The van der Waals surface area contributed by atoms with Crippen molar-refractivity contribution in [1.82, 2.24) is 19.7 Å². The molecule has 10 nitrogen and oxygen atoms in total. The number of rotatable bonds is 8. The number of pyridine rings is 1. The smallest absolute Gasteiger partial charge is 0.307 e. The number of carbonyl (C=O) groups is 1. The number of aromatic nitrogens is 4. The van der Waals surface area contributed by atoms with Gasteiger partial charge in [-0.15, -0.1) is 0 Å². The van der Waals surface area contributed by atoms with Crippen LogP contribution in [-0.2, 0) is 14.3 Å². The molecule has 2 bridgehead atoms. The molecule has 4 aliphatic carbocycles. The zero-order valence-corrected chi connectivity index (χ0v) is 34.9. The molecule has 5 aliphatic rings. The lowest BCUT2D eigenvalue weighted by molar-refractivity contribution is -0.255. The second-order valence-electron chi connectivity index (χ2n) is 21.0.